The van der Waals surface area contributed by atoms with Gasteiger partial charge in [-0.25, -0.2) is 9.59 Å². The number of aliphatic hydroxyl groups excluding tert-OH is 1. The van der Waals surface area contributed by atoms with E-state index in [9.17, 15) is 14.7 Å². The number of nitrogens with one attached hydrogen (secondary N) is 1. The Balaban J connectivity index is 1.86. The van der Waals surface area contributed by atoms with Gasteiger partial charge in [0, 0.05) is 19.5 Å². The van der Waals surface area contributed by atoms with Crippen LogP contribution in [0.4, 0.5) is 4.79 Å². The van der Waals surface area contributed by atoms with Crippen molar-refractivity contribution in [2.24, 2.45) is 11.3 Å². The molecule has 0 aromatic rings. The largest absolute Gasteiger partial charge is 0.480 e. The van der Waals surface area contributed by atoms with Crippen LogP contribution in [0.15, 0.2) is 0 Å². The second-order valence-corrected chi connectivity index (χ2v) is 5.97. The van der Waals surface area contributed by atoms with Crippen LogP contribution in [0.2, 0.25) is 0 Å². The Morgan fingerprint density at radius 3 is 2.56 bits per heavy atom. The third-order valence-electron chi connectivity index (χ3n) is 4.04. The van der Waals surface area contributed by atoms with Crippen LogP contribution in [-0.4, -0.2) is 52.3 Å². The Labute approximate surface area is 106 Å². The predicted octanol–water partition coefficient (Wildman–Crippen LogP) is 0.262. The van der Waals surface area contributed by atoms with Crippen molar-refractivity contribution in [3.05, 3.63) is 0 Å². The average Bonchev–Trinajstić information content (AvgIpc) is 2.70. The molecule has 1 heterocycles. The Bertz CT molecular complexity index is 369. The summed E-state index contributed by atoms with van der Waals surface area (Å²) in [6.45, 7) is 4.95. The predicted molar refractivity (Wildman–Crippen MR) is 64.0 cm³/mol. The third-order valence-corrected chi connectivity index (χ3v) is 4.04. The van der Waals surface area contributed by atoms with Crippen LogP contribution in [0.25, 0.3) is 0 Å². The number of aliphatic carboxylic acids is 1. The minimum absolute atomic E-state index is 0.0941. The van der Waals surface area contributed by atoms with Crippen LogP contribution in [-0.2, 0) is 4.79 Å². The second kappa shape index (κ2) is 4.42. The van der Waals surface area contributed by atoms with E-state index in [1.165, 1.54) is 4.90 Å². The van der Waals surface area contributed by atoms with Crippen LogP contribution in [0.3, 0.4) is 0 Å². The van der Waals surface area contributed by atoms with Gasteiger partial charge in [-0.15, -0.1) is 0 Å². The van der Waals surface area contributed by atoms with Gasteiger partial charge in [0.05, 0.1) is 6.10 Å². The van der Waals surface area contributed by atoms with E-state index in [-0.39, 0.29) is 24.4 Å². The lowest BCUT2D eigenvalue weighted by atomic mass is 10.1. The molecular weight excluding hydrogens is 236 g/mol. The molecule has 1 aliphatic heterocycles. The number of carbonyl (C=O) groups is 2. The molecule has 3 atom stereocenters. The van der Waals surface area contributed by atoms with Crippen LogP contribution >= 0.6 is 0 Å². The fourth-order valence-corrected chi connectivity index (χ4v) is 2.51. The topological polar surface area (TPSA) is 89.9 Å². The summed E-state index contributed by atoms with van der Waals surface area (Å²) in [7, 11) is 0. The van der Waals surface area contributed by atoms with Crippen molar-refractivity contribution in [3.8, 4) is 0 Å². The standard InChI is InChI=1S/C12H20N2O4/c1-12(2)4-7(12)5-13-11(18)14-6-8(15)3-9(14)10(16)17/h7-9,15H,3-6H2,1-2H3,(H,13,18)(H,16,17)/t7?,8?,9-/m0/s1. The number of carboxylic acid groups (broad SMARTS) is 1. The number of likely N-dealkylation sites (tertiary alicyclic amines) is 1. The molecule has 2 aliphatic rings. The quantitative estimate of drug-likeness (QED) is 0.675. The number of amides is 2. The lowest BCUT2D eigenvalue weighted by molar-refractivity contribution is -0.141. The van der Waals surface area contributed by atoms with Gasteiger partial charge in [0.25, 0.3) is 0 Å². The van der Waals surface area contributed by atoms with Crippen molar-refractivity contribution in [2.45, 2.75) is 38.8 Å². The maximum Gasteiger partial charge on any atom is 0.326 e. The molecule has 1 saturated heterocycles. The van der Waals surface area contributed by atoms with E-state index < -0.39 is 18.1 Å². The van der Waals surface area contributed by atoms with Gasteiger partial charge >= 0.3 is 12.0 Å². The summed E-state index contributed by atoms with van der Waals surface area (Å²) >= 11 is 0. The first-order valence-corrected chi connectivity index (χ1v) is 6.26. The number of nitrogens with zero attached hydrogens (tertiary/aromatic N) is 1. The molecule has 0 aromatic carbocycles. The zero-order chi connectivity index (χ0) is 13.5. The maximum absolute atomic E-state index is 11.9. The first-order chi connectivity index (χ1) is 8.31. The maximum atomic E-state index is 11.9. The monoisotopic (exact) mass is 256 g/mol. The molecule has 1 aliphatic carbocycles. The second-order valence-electron chi connectivity index (χ2n) is 5.97. The Morgan fingerprint density at radius 2 is 2.06 bits per heavy atom. The van der Waals surface area contributed by atoms with E-state index in [0.717, 1.165) is 6.42 Å². The summed E-state index contributed by atoms with van der Waals surface area (Å²) in [5.41, 5.74) is 0.282. The summed E-state index contributed by atoms with van der Waals surface area (Å²) in [5, 5.41) is 21.2. The number of hydrogen-bond acceptors (Lipinski definition) is 3. The number of urea groups is 1. The smallest absolute Gasteiger partial charge is 0.326 e. The number of aliphatic hydroxyl groups is 1. The number of hydrogen-bond donors (Lipinski definition) is 3. The van der Waals surface area contributed by atoms with Gasteiger partial charge in [-0.1, -0.05) is 13.8 Å². The van der Waals surface area contributed by atoms with Crippen molar-refractivity contribution in [2.75, 3.05) is 13.1 Å². The van der Waals surface area contributed by atoms with E-state index in [1.54, 1.807) is 0 Å². The molecule has 2 rings (SSSR count). The van der Waals surface area contributed by atoms with E-state index in [0.29, 0.717) is 12.5 Å². The third kappa shape index (κ3) is 2.58. The first kappa shape index (κ1) is 13.1. The molecule has 102 valence electrons. The number of β-amino-alcohol motifs (C(OH)–C–C–N with tert-alkyl or cyclic N) is 1. The lowest BCUT2D eigenvalue weighted by Gasteiger charge is -2.21. The van der Waals surface area contributed by atoms with Gasteiger partial charge < -0.3 is 20.4 Å². The van der Waals surface area contributed by atoms with Crippen LogP contribution in [0.5, 0.6) is 0 Å². The number of carbonyl (C=O) groups excluding carboxylic acids is 1. The summed E-state index contributed by atoms with van der Waals surface area (Å²) in [4.78, 5) is 24.1. The zero-order valence-electron chi connectivity index (χ0n) is 10.7. The Hall–Kier alpha value is -1.30. The van der Waals surface area contributed by atoms with Gasteiger partial charge in [-0.3, -0.25) is 0 Å². The van der Waals surface area contributed by atoms with Crippen molar-refractivity contribution >= 4 is 12.0 Å². The van der Waals surface area contributed by atoms with Crippen LogP contribution in [0, 0.1) is 11.3 Å². The molecule has 0 spiro atoms. The molecule has 2 unspecified atom stereocenters. The number of carboxylic acids is 1. The molecule has 18 heavy (non-hydrogen) atoms. The van der Waals surface area contributed by atoms with Crippen LogP contribution < -0.4 is 5.32 Å². The minimum atomic E-state index is -1.06. The van der Waals surface area contributed by atoms with Gasteiger partial charge in [-0.2, -0.15) is 0 Å². The van der Waals surface area contributed by atoms with E-state index in [1.807, 2.05) is 0 Å². The van der Waals surface area contributed by atoms with E-state index in [2.05, 4.69) is 19.2 Å². The van der Waals surface area contributed by atoms with Crippen molar-refractivity contribution in [1.82, 2.24) is 10.2 Å². The molecule has 1 saturated carbocycles. The molecule has 6 nitrogen and oxygen atoms in total. The summed E-state index contributed by atoms with van der Waals surface area (Å²) in [6.07, 6.45) is 0.449. The molecule has 0 bridgehead atoms. The molecule has 3 N–H and O–H groups in total. The summed E-state index contributed by atoms with van der Waals surface area (Å²) in [6, 6.07) is -1.30. The van der Waals surface area contributed by atoms with Crippen LogP contribution in [0.1, 0.15) is 26.7 Å². The van der Waals surface area contributed by atoms with Gasteiger partial charge in [-0.05, 0) is 17.8 Å². The lowest BCUT2D eigenvalue weighted by Crippen LogP contribution is -2.46. The minimum Gasteiger partial charge on any atom is -0.480 e. The summed E-state index contributed by atoms with van der Waals surface area (Å²) < 4.78 is 0. The average molecular weight is 256 g/mol. The van der Waals surface area contributed by atoms with E-state index in [4.69, 9.17) is 5.11 Å². The van der Waals surface area contributed by atoms with Gasteiger partial charge in [0.15, 0.2) is 0 Å². The first-order valence-electron chi connectivity index (χ1n) is 6.26. The van der Waals surface area contributed by atoms with E-state index >= 15 is 0 Å². The fourth-order valence-electron chi connectivity index (χ4n) is 2.51. The highest BCUT2D eigenvalue weighted by atomic mass is 16.4. The molecule has 2 amide bonds. The SMILES string of the molecule is CC1(C)CC1CNC(=O)N1CC(O)C[C@H]1C(=O)O. The highest BCUT2D eigenvalue weighted by molar-refractivity contribution is 5.83. The summed E-state index contributed by atoms with van der Waals surface area (Å²) in [5.74, 6) is -0.592. The molecule has 0 radical (unpaired) electrons. The molecular formula is C12H20N2O4. The highest BCUT2D eigenvalue weighted by Gasteiger charge is 2.46. The van der Waals surface area contributed by atoms with Gasteiger partial charge in [0.2, 0.25) is 0 Å². The van der Waals surface area contributed by atoms with Crippen molar-refractivity contribution < 1.29 is 19.8 Å². The zero-order valence-corrected chi connectivity index (χ0v) is 10.7. The molecule has 6 heteroatoms. The highest BCUT2D eigenvalue weighted by Crippen LogP contribution is 2.50. The van der Waals surface area contributed by atoms with Gasteiger partial charge in [0.1, 0.15) is 6.04 Å². The van der Waals surface area contributed by atoms with Crippen molar-refractivity contribution in [3.63, 3.8) is 0 Å². The normalized spacial score (nSPS) is 33.3. The molecule has 0 aromatic heterocycles. The number of rotatable bonds is 3. The Morgan fingerprint density at radius 1 is 1.44 bits per heavy atom. The Kier molecular flexibility index (Phi) is 3.23. The van der Waals surface area contributed by atoms with Crippen molar-refractivity contribution in [1.29, 1.82) is 0 Å². The fraction of sp³-hybridized carbons (Fsp3) is 0.833. The molecule has 2 fully saturated rings.